The van der Waals surface area contributed by atoms with Crippen molar-refractivity contribution < 1.29 is 9.13 Å². The molecule has 3 aromatic rings. The first-order chi connectivity index (χ1) is 15.8. The van der Waals surface area contributed by atoms with Crippen molar-refractivity contribution in [2.45, 2.75) is 56.8 Å². The normalized spacial score (nSPS) is 20.3. The topological polar surface area (TPSA) is 69.2 Å². The van der Waals surface area contributed by atoms with Gasteiger partial charge in [0.05, 0.1) is 17.8 Å². The summed E-state index contributed by atoms with van der Waals surface area (Å²) in [5.74, 6) is 0.0404. The summed E-state index contributed by atoms with van der Waals surface area (Å²) >= 11 is 12.4. The first-order valence-electron chi connectivity index (χ1n) is 11.1. The molecule has 1 spiro atoms. The minimum Gasteiger partial charge on any atom is -0.482 e. The second-order valence-electron chi connectivity index (χ2n) is 9.10. The highest BCUT2D eigenvalue weighted by atomic mass is 35.5. The van der Waals surface area contributed by atoms with Gasteiger partial charge >= 0.3 is 0 Å². The summed E-state index contributed by atoms with van der Waals surface area (Å²) in [7, 11) is 2.24. The van der Waals surface area contributed by atoms with Gasteiger partial charge in [-0.15, -0.1) is 0 Å². The Labute approximate surface area is 202 Å². The standard InChI is InChI=1S/C24H26Cl2FN5O/c1-14(21-18(25)3-4-19(27)22(21)26)33-20-9-15(10-29-23(20)28)16-11-30-32(12-16)13-17-5-6-24(7-8-24)31(17)2/h3-4,9-12,14,17H,5-8,13H2,1-2H3,(H2,28,29)/t14-,17?/m1/s1. The average molecular weight is 490 g/mol. The van der Waals surface area contributed by atoms with Crippen molar-refractivity contribution in [2.75, 3.05) is 12.8 Å². The number of nitrogen functional groups attached to an aromatic ring is 1. The number of likely N-dealkylation sites (N-methyl/N-ethyl adjacent to an activating group) is 1. The summed E-state index contributed by atoms with van der Waals surface area (Å²) in [6, 6.07) is 4.99. The molecule has 1 saturated carbocycles. The van der Waals surface area contributed by atoms with Crippen LogP contribution < -0.4 is 10.5 Å². The minimum atomic E-state index is -0.629. The fraction of sp³-hybridized carbons (Fsp3) is 0.417. The molecule has 2 atom stereocenters. The third-order valence-electron chi connectivity index (χ3n) is 7.10. The smallest absolute Gasteiger partial charge is 0.166 e. The summed E-state index contributed by atoms with van der Waals surface area (Å²) in [4.78, 5) is 6.82. The second kappa shape index (κ2) is 8.46. The number of halogens is 3. The molecule has 5 rings (SSSR count). The fourth-order valence-corrected chi connectivity index (χ4v) is 5.53. The maximum Gasteiger partial charge on any atom is 0.166 e. The van der Waals surface area contributed by atoms with Gasteiger partial charge in [0, 0.05) is 45.7 Å². The van der Waals surface area contributed by atoms with Gasteiger partial charge in [-0.2, -0.15) is 5.10 Å². The highest BCUT2D eigenvalue weighted by molar-refractivity contribution is 6.36. The summed E-state index contributed by atoms with van der Waals surface area (Å²) < 4.78 is 21.9. The number of ether oxygens (including phenoxy) is 1. The summed E-state index contributed by atoms with van der Waals surface area (Å²) in [5.41, 5.74) is 8.63. The van der Waals surface area contributed by atoms with E-state index in [9.17, 15) is 4.39 Å². The monoisotopic (exact) mass is 489 g/mol. The molecule has 9 heteroatoms. The van der Waals surface area contributed by atoms with Crippen LogP contribution in [0.5, 0.6) is 5.75 Å². The lowest BCUT2D eigenvalue weighted by molar-refractivity contribution is 0.203. The summed E-state index contributed by atoms with van der Waals surface area (Å²) in [5, 5.41) is 4.82. The van der Waals surface area contributed by atoms with Crippen molar-refractivity contribution in [1.29, 1.82) is 0 Å². The number of anilines is 1. The van der Waals surface area contributed by atoms with Crippen LogP contribution in [0.1, 0.15) is 44.3 Å². The predicted molar refractivity (Wildman–Crippen MR) is 128 cm³/mol. The van der Waals surface area contributed by atoms with Crippen LogP contribution in [0.15, 0.2) is 36.8 Å². The van der Waals surface area contributed by atoms with Crippen LogP contribution in [0.2, 0.25) is 10.0 Å². The van der Waals surface area contributed by atoms with E-state index in [1.807, 2.05) is 23.1 Å². The van der Waals surface area contributed by atoms with Gasteiger partial charge in [0.25, 0.3) is 0 Å². The first kappa shape index (κ1) is 22.4. The van der Waals surface area contributed by atoms with Gasteiger partial charge in [0.2, 0.25) is 0 Å². The Morgan fingerprint density at radius 2 is 2.03 bits per heavy atom. The highest BCUT2D eigenvalue weighted by Crippen LogP contribution is 2.51. The average Bonchev–Trinajstić information content (AvgIpc) is 3.34. The van der Waals surface area contributed by atoms with E-state index in [2.05, 4.69) is 22.0 Å². The largest absolute Gasteiger partial charge is 0.482 e. The molecule has 3 heterocycles. The van der Waals surface area contributed by atoms with Crippen molar-refractivity contribution in [2.24, 2.45) is 0 Å². The van der Waals surface area contributed by atoms with E-state index in [0.717, 1.165) is 17.7 Å². The maximum absolute atomic E-state index is 13.9. The summed E-state index contributed by atoms with van der Waals surface area (Å²) in [6.07, 6.45) is 10.0. The summed E-state index contributed by atoms with van der Waals surface area (Å²) in [6.45, 7) is 2.60. The molecular weight excluding hydrogens is 464 g/mol. The Morgan fingerprint density at radius 1 is 1.24 bits per heavy atom. The van der Waals surface area contributed by atoms with E-state index in [1.54, 1.807) is 13.1 Å². The van der Waals surface area contributed by atoms with Crippen molar-refractivity contribution >= 4 is 29.0 Å². The number of benzene rings is 1. The molecule has 1 unspecified atom stereocenters. The number of aromatic nitrogens is 3. The molecule has 0 bridgehead atoms. The van der Waals surface area contributed by atoms with E-state index >= 15 is 0 Å². The second-order valence-corrected chi connectivity index (χ2v) is 9.89. The van der Waals surface area contributed by atoms with E-state index in [-0.39, 0.29) is 10.8 Å². The van der Waals surface area contributed by atoms with Crippen LogP contribution in [0.4, 0.5) is 10.2 Å². The molecule has 1 aliphatic heterocycles. The van der Waals surface area contributed by atoms with Gasteiger partial charge in [-0.1, -0.05) is 23.2 Å². The van der Waals surface area contributed by atoms with Crippen LogP contribution in [-0.4, -0.2) is 38.3 Å². The van der Waals surface area contributed by atoms with Gasteiger partial charge in [-0.25, -0.2) is 9.37 Å². The van der Waals surface area contributed by atoms with Crippen LogP contribution in [0, 0.1) is 5.82 Å². The van der Waals surface area contributed by atoms with Crippen molar-refractivity contribution in [3.05, 3.63) is 58.2 Å². The van der Waals surface area contributed by atoms with Crippen LogP contribution in [0.25, 0.3) is 11.1 Å². The Morgan fingerprint density at radius 3 is 2.76 bits per heavy atom. The molecule has 33 heavy (non-hydrogen) atoms. The predicted octanol–water partition coefficient (Wildman–Crippen LogP) is 5.74. The highest BCUT2D eigenvalue weighted by Gasteiger charge is 2.52. The number of hydrogen-bond donors (Lipinski definition) is 1. The lowest BCUT2D eigenvalue weighted by Gasteiger charge is -2.25. The number of nitrogens with zero attached hydrogens (tertiary/aromatic N) is 4. The van der Waals surface area contributed by atoms with Gasteiger partial charge in [-0.3, -0.25) is 9.58 Å². The number of pyridine rings is 1. The zero-order chi connectivity index (χ0) is 23.3. The molecule has 174 valence electrons. The zero-order valence-corrected chi connectivity index (χ0v) is 20.1. The zero-order valence-electron chi connectivity index (χ0n) is 18.6. The van der Waals surface area contributed by atoms with Crippen molar-refractivity contribution in [1.82, 2.24) is 19.7 Å². The molecule has 2 aliphatic rings. The van der Waals surface area contributed by atoms with E-state index in [4.69, 9.17) is 33.7 Å². The number of hydrogen-bond acceptors (Lipinski definition) is 5. The van der Waals surface area contributed by atoms with E-state index < -0.39 is 11.9 Å². The molecule has 1 saturated heterocycles. The molecule has 2 aromatic heterocycles. The van der Waals surface area contributed by atoms with Gasteiger partial charge in [-0.05, 0) is 57.9 Å². The SMILES string of the molecule is C[C@@H](Oc1cc(-c2cnn(CC3CCC4(CC4)N3C)c2)cnc1N)c1c(Cl)ccc(F)c1Cl. The molecule has 1 aromatic carbocycles. The number of rotatable bonds is 6. The minimum absolute atomic E-state index is 0.0659. The van der Waals surface area contributed by atoms with Gasteiger partial charge in [0.1, 0.15) is 11.9 Å². The van der Waals surface area contributed by atoms with E-state index in [1.165, 1.54) is 37.8 Å². The Hall–Kier alpha value is -2.35. The van der Waals surface area contributed by atoms with Gasteiger partial charge in [0.15, 0.2) is 11.6 Å². The molecule has 2 fully saturated rings. The maximum atomic E-state index is 13.9. The molecule has 1 aliphatic carbocycles. The fourth-order valence-electron chi connectivity index (χ4n) is 4.85. The third kappa shape index (κ3) is 4.18. The van der Waals surface area contributed by atoms with Crippen LogP contribution in [0.3, 0.4) is 0 Å². The molecule has 6 nitrogen and oxygen atoms in total. The van der Waals surface area contributed by atoms with Crippen molar-refractivity contribution in [3.63, 3.8) is 0 Å². The molecule has 2 N–H and O–H groups in total. The first-order valence-corrected chi connectivity index (χ1v) is 11.8. The number of nitrogens with two attached hydrogens (primary N) is 1. The molecule has 0 radical (unpaired) electrons. The van der Waals surface area contributed by atoms with Crippen molar-refractivity contribution in [3.8, 4) is 16.9 Å². The van der Waals surface area contributed by atoms with Crippen LogP contribution in [-0.2, 0) is 6.54 Å². The quantitative estimate of drug-likeness (QED) is 0.447. The Bertz CT molecular complexity index is 1200. The Kier molecular flexibility index (Phi) is 5.75. The number of likely N-dealkylation sites (tertiary alicyclic amines) is 1. The molecule has 0 amide bonds. The van der Waals surface area contributed by atoms with Gasteiger partial charge < -0.3 is 10.5 Å². The van der Waals surface area contributed by atoms with E-state index in [0.29, 0.717) is 27.9 Å². The molecular formula is C24H26Cl2FN5O. The lowest BCUT2D eigenvalue weighted by Crippen LogP contribution is -2.36. The Balaban J connectivity index is 1.34. The third-order valence-corrected chi connectivity index (χ3v) is 7.82. The lowest BCUT2D eigenvalue weighted by atomic mass is 10.1. The van der Waals surface area contributed by atoms with Crippen LogP contribution >= 0.6 is 23.2 Å².